The molecule has 4 nitrogen and oxygen atoms in total. The van der Waals surface area contributed by atoms with Crippen molar-refractivity contribution in [2.24, 2.45) is 4.99 Å². The zero-order chi connectivity index (χ0) is 17.4. The van der Waals surface area contributed by atoms with E-state index in [0.29, 0.717) is 24.6 Å². The van der Waals surface area contributed by atoms with Gasteiger partial charge in [-0.2, -0.15) is 11.3 Å². The maximum absolute atomic E-state index is 12.4. The largest absolute Gasteiger partial charge is 0.573 e. The maximum Gasteiger partial charge on any atom is 0.573 e. The van der Waals surface area contributed by atoms with E-state index in [4.69, 9.17) is 0 Å². The lowest BCUT2D eigenvalue weighted by Gasteiger charge is -2.15. The fourth-order valence-corrected chi connectivity index (χ4v) is 2.61. The lowest BCUT2D eigenvalue weighted by molar-refractivity contribution is -0.274. The third kappa shape index (κ3) is 7.95. The third-order valence-corrected chi connectivity index (χ3v) is 3.72. The van der Waals surface area contributed by atoms with Crippen LogP contribution in [0.2, 0.25) is 0 Å². The quantitative estimate of drug-likeness (QED) is 0.360. The van der Waals surface area contributed by atoms with Crippen LogP contribution < -0.4 is 15.4 Å². The first kappa shape index (κ1) is 21.6. The lowest BCUT2D eigenvalue weighted by Crippen LogP contribution is -2.37. The van der Waals surface area contributed by atoms with E-state index in [1.54, 1.807) is 23.5 Å². The van der Waals surface area contributed by atoms with Gasteiger partial charge in [0.05, 0.1) is 6.54 Å². The summed E-state index contributed by atoms with van der Waals surface area (Å²) in [6.07, 6.45) is -4.71. The number of thiophene rings is 1. The van der Waals surface area contributed by atoms with Crippen LogP contribution in [-0.4, -0.2) is 18.9 Å². The first-order chi connectivity index (χ1) is 11.5. The van der Waals surface area contributed by atoms with Gasteiger partial charge >= 0.3 is 6.36 Å². The molecule has 138 valence electrons. The van der Waals surface area contributed by atoms with Crippen LogP contribution in [0.3, 0.4) is 0 Å². The first-order valence-corrected chi connectivity index (χ1v) is 8.29. The predicted molar refractivity (Wildman–Crippen MR) is 105 cm³/mol. The molecule has 0 fully saturated rings. The molecule has 1 aromatic heterocycles. The molecule has 2 N–H and O–H groups in total. The molecule has 2 rings (SSSR count). The summed E-state index contributed by atoms with van der Waals surface area (Å²) in [7, 11) is 0. The Morgan fingerprint density at radius 3 is 2.60 bits per heavy atom. The topological polar surface area (TPSA) is 45.7 Å². The molecule has 25 heavy (non-hydrogen) atoms. The summed E-state index contributed by atoms with van der Waals surface area (Å²) in [5.41, 5.74) is 1.48. The van der Waals surface area contributed by atoms with Gasteiger partial charge < -0.3 is 15.4 Å². The van der Waals surface area contributed by atoms with Crippen molar-refractivity contribution in [1.29, 1.82) is 0 Å². The Morgan fingerprint density at radius 1 is 1.20 bits per heavy atom. The van der Waals surface area contributed by atoms with Crippen LogP contribution in [0.15, 0.2) is 46.1 Å². The van der Waals surface area contributed by atoms with Gasteiger partial charge in [0.25, 0.3) is 0 Å². The van der Waals surface area contributed by atoms with E-state index in [2.05, 4.69) is 20.4 Å². The van der Waals surface area contributed by atoms with Gasteiger partial charge in [0.2, 0.25) is 0 Å². The summed E-state index contributed by atoms with van der Waals surface area (Å²) in [6, 6.07) is 8.01. The summed E-state index contributed by atoms with van der Waals surface area (Å²) in [4.78, 5) is 4.41. The molecule has 0 radical (unpaired) electrons. The van der Waals surface area contributed by atoms with Crippen LogP contribution in [0.1, 0.15) is 18.1 Å². The molecule has 0 aliphatic heterocycles. The van der Waals surface area contributed by atoms with Gasteiger partial charge in [-0.1, -0.05) is 18.2 Å². The molecule has 0 saturated carbocycles. The number of rotatable bonds is 6. The number of halogens is 4. The molecule has 9 heteroatoms. The molecule has 1 aromatic carbocycles. The van der Waals surface area contributed by atoms with E-state index in [0.717, 1.165) is 5.56 Å². The van der Waals surface area contributed by atoms with Gasteiger partial charge in [-0.15, -0.1) is 37.1 Å². The lowest BCUT2D eigenvalue weighted by atomic mass is 10.2. The standard InChI is InChI=1S/C16H18F3N3OS.HI/c1-2-20-15(21-9-12-7-8-24-11-12)22-10-13-5-3-4-6-14(13)23-16(17,18)19;/h3-8,11H,2,9-10H2,1H3,(H2,20,21,22);1H. The second-order valence-electron chi connectivity index (χ2n) is 4.84. The zero-order valence-electron chi connectivity index (χ0n) is 13.5. The molecule has 0 aliphatic carbocycles. The number of aliphatic imine (C=N–C) groups is 1. The normalized spacial score (nSPS) is 11.6. The Balaban J connectivity index is 0.00000312. The second kappa shape index (κ2) is 10.5. The van der Waals surface area contributed by atoms with Crippen LogP contribution in [0.5, 0.6) is 5.75 Å². The molecule has 0 unspecified atom stereocenters. The number of hydrogen-bond acceptors (Lipinski definition) is 3. The van der Waals surface area contributed by atoms with Crippen molar-refractivity contribution in [1.82, 2.24) is 10.6 Å². The molecule has 0 amide bonds. The molecule has 1 heterocycles. The molecule has 0 saturated heterocycles. The van der Waals surface area contributed by atoms with Gasteiger partial charge in [0, 0.05) is 18.7 Å². The number of hydrogen-bond donors (Lipinski definition) is 2. The minimum absolute atomic E-state index is 0. The minimum Gasteiger partial charge on any atom is -0.405 e. The Kier molecular flexibility index (Phi) is 9.04. The Labute approximate surface area is 165 Å². The van der Waals surface area contributed by atoms with Gasteiger partial charge in [-0.25, -0.2) is 4.99 Å². The molecule has 2 aromatic rings. The third-order valence-electron chi connectivity index (χ3n) is 2.99. The Morgan fingerprint density at radius 2 is 1.96 bits per heavy atom. The van der Waals surface area contributed by atoms with Crippen LogP contribution >= 0.6 is 35.3 Å². The molecule has 0 aliphatic rings. The summed E-state index contributed by atoms with van der Waals surface area (Å²) in [6.45, 7) is 3.24. The summed E-state index contributed by atoms with van der Waals surface area (Å²) in [5.74, 6) is 0.316. The Hall–Kier alpha value is -1.49. The van der Waals surface area contributed by atoms with E-state index < -0.39 is 6.36 Å². The van der Waals surface area contributed by atoms with Crippen molar-refractivity contribution >= 4 is 41.3 Å². The highest BCUT2D eigenvalue weighted by Gasteiger charge is 2.31. The van der Waals surface area contributed by atoms with Gasteiger partial charge in [0.1, 0.15) is 5.75 Å². The van der Waals surface area contributed by atoms with E-state index in [9.17, 15) is 13.2 Å². The summed E-state index contributed by atoms with van der Waals surface area (Å²) >= 11 is 1.59. The first-order valence-electron chi connectivity index (χ1n) is 7.35. The van der Waals surface area contributed by atoms with Crippen LogP contribution in [0, 0.1) is 0 Å². The number of nitrogens with zero attached hydrogens (tertiary/aromatic N) is 1. The summed E-state index contributed by atoms with van der Waals surface area (Å²) < 4.78 is 41.4. The monoisotopic (exact) mass is 485 g/mol. The number of para-hydroxylation sites is 1. The maximum atomic E-state index is 12.4. The number of ether oxygens (including phenoxy) is 1. The average molecular weight is 485 g/mol. The van der Waals surface area contributed by atoms with Crippen molar-refractivity contribution < 1.29 is 17.9 Å². The number of alkyl halides is 3. The highest BCUT2D eigenvalue weighted by molar-refractivity contribution is 14.0. The fourth-order valence-electron chi connectivity index (χ4n) is 1.95. The number of nitrogens with one attached hydrogen (secondary N) is 2. The predicted octanol–water partition coefficient (Wildman–Crippen LogP) is 4.52. The highest BCUT2D eigenvalue weighted by atomic mass is 127. The van der Waals surface area contributed by atoms with Crippen molar-refractivity contribution in [2.45, 2.75) is 26.4 Å². The van der Waals surface area contributed by atoms with Crippen molar-refractivity contribution in [3.05, 3.63) is 52.2 Å². The number of guanidine groups is 1. The van der Waals surface area contributed by atoms with E-state index >= 15 is 0 Å². The zero-order valence-corrected chi connectivity index (χ0v) is 16.6. The molecule has 0 atom stereocenters. The minimum atomic E-state index is -4.71. The number of benzene rings is 1. The molecule has 0 spiro atoms. The average Bonchev–Trinajstić information content (AvgIpc) is 3.03. The highest BCUT2D eigenvalue weighted by Crippen LogP contribution is 2.26. The van der Waals surface area contributed by atoms with Crippen LogP contribution in [-0.2, 0) is 13.1 Å². The van der Waals surface area contributed by atoms with Crippen LogP contribution in [0.4, 0.5) is 13.2 Å². The smallest absolute Gasteiger partial charge is 0.405 e. The van der Waals surface area contributed by atoms with Gasteiger partial charge in [-0.05, 0) is 35.4 Å². The Bertz CT molecular complexity index is 663. The SMILES string of the molecule is CCNC(=NCc1ccsc1)NCc1ccccc1OC(F)(F)F.I. The van der Waals surface area contributed by atoms with Gasteiger partial charge in [0.15, 0.2) is 5.96 Å². The van der Waals surface area contributed by atoms with E-state index in [-0.39, 0.29) is 36.3 Å². The van der Waals surface area contributed by atoms with E-state index in [1.807, 2.05) is 23.8 Å². The van der Waals surface area contributed by atoms with Crippen molar-refractivity contribution in [3.63, 3.8) is 0 Å². The van der Waals surface area contributed by atoms with Crippen LogP contribution in [0.25, 0.3) is 0 Å². The van der Waals surface area contributed by atoms with E-state index in [1.165, 1.54) is 12.1 Å². The molecule has 0 bridgehead atoms. The van der Waals surface area contributed by atoms with Crippen molar-refractivity contribution in [3.8, 4) is 5.75 Å². The summed E-state index contributed by atoms with van der Waals surface area (Å²) in [5, 5.41) is 10.1. The fraction of sp³-hybridized carbons (Fsp3) is 0.312. The van der Waals surface area contributed by atoms with Gasteiger partial charge in [-0.3, -0.25) is 0 Å². The second-order valence-corrected chi connectivity index (χ2v) is 5.62. The van der Waals surface area contributed by atoms with Crippen molar-refractivity contribution in [2.75, 3.05) is 6.54 Å². The molecular formula is C16H19F3IN3OS. The molecular weight excluding hydrogens is 466 g/mol.